The first-order valence-corrected chi connectivity index (χ1v) is 9.45. The van der Waals surface area contributed by atoms with Gasteiger partial charge in [-0.05, 0) is 31.5 Å². The van der Waals surface area contributed by atoms with E-state index in [0.717, 1.165) is 16.3 Å². The Morgan fingerprint density at radius 3 is 2.53 bits per heavy atom. The standard InChI is InChI=1S/C22H24N2O6/c1-22(2,3)29-21(27)23-17(20(26)28-4)12-16-18(24-30-19(16)25)15-11-7-9-13-8-5-6-10-14(13)15/h5-11,17,24H,12H2,1-4H3,(H,23,27)/t17-/m0/s1. The van der Waals surface area contributed by atoms with Crippen molar-refractivity contribution < 1.29 is 23.6 Å². The third kappa shape index (κ3) is 4.71. The predicted octanol–water partition coefficient (Wildman–Crippen LogP) is 3.40. The molecule has 0 aliphatic rings. The first-order valence-electron chi connectivity index (χ1n) is 9.45. The van der Waals surface area contributed by atoms with Crippen LogP contribution in [-0.4, -0.2) is 36.0 Å². The fraction of sp³-hybridized carbons (Fsp3) is 0.318. The molecular formula is C22H24N2O6. The van der Waals surface area contributed by atoms with Gasteiger partial charge in [-0.25, -0.2) is 19.5 Å². The van der Waals surface area contributed by atoms with E-state index < -0.39 is 29.3 Å². The number of hydrogen-bond acceptors (Lipinski definition) is 6. The van der Waals surface area contributed by atoms with E-state index in [1.807, 2.05) is 42.5 Å². The monoisotopic (exact) mass is 412 g/mol. The molecular weight excluding hydrogens is 388 g/mol. The van der Waals surface area contributed by atoms with Crippen LogP contribution < -0.4 is 10.9 Å². The molecule has 8 heteroatoms. The predicted molar refractivity (Wildman–Crippen MR) is 111 cm³/mol. The highest BCUT2D eigenvalue weighted by molar-refractivity contribution is 5.96. The molecule has 1 aromatic heterocycles. The quantitative estimate of drug-likeness (QED) is 0.622. The second-order valence-electron chi connectivity index (χ2n) is 7.80. The maximum absolute atomic E-state index is 12.4. The maximum Gasteiger partial charge on any atom is 0.408 e. The minimum atomic E-state index is -1.13. The summed E-state index contributed by atoms with van der Waals surface area (Å²) in [4.78, 5) is 36.9. The van der Waals surface area contributed by atoms with Gasteiger partial charge < -0.3 is 19.3 Å². The van der Waals surface area contributed by atoms with E-state index in [1.54, 1.807) is 20.8 Å². The zero-order valence-corrected chi connectivity index (χ0v) is 17.3. The topological polar surface area (TPSA) is 111 Å². The molecule has 30 heavy (non-hydrogen) atoms. The molecule has 8 nitrogen and oxygen atoms in total. The minimum absolute atomic E-state index is 0.129. The number of methoxy groups -OCH3 is 1. The number of benzene rings is 2. The summed E-state index contributed by atoms with van der Waals surface area (Å²) in [6.07, 6.45) is -0.916. The Morgan fingerprint density at radius 2 is 1.83 bits per heavy atom. The smallest absolute Gasteiger partial charge is 0.408 e. The molecule has 1 heterocycles. The molecule has 0 bridgehead atoms. The van der Waals surface area contributed by atoms with Crippen molar-refractivity contribution in [3.05, 3.63) is 58.4 Å². The molecule has 2 N–H and O–H groups in total. The largest absolute Gasteiger partial charge is 0.467 e. The van der Waals surface area contributed by atoms with Crippen LogP contribution in [0.3, 0.4) is 0 Å². The van der Waals surface area contributed by atoms with Crippen LogP contribution in [-0.2, 0) is 20.7 Å². The van der Waals surface area contributed by atoms with Crippen LogP contribution in [0.4, 0.5) is 4.79 Å². The third-order valence-corrected chi connectivity index (χ3v) is 4.44. The molecule has 0 radical (unpaired) electrons. The Bertz CT molecular complexity index is 1120. The number of rotatable bonds is 5. The normalized spacial score (nSPS) is 12.4. The highest BCUT2D eigenvalue weighted by Crippen LogP contribution is 2.29. The molecule has 0 saturated heterocycles. The van der Waals surface area contributed by atoms with E-state index in [1.165, 1.54) is 7.11 Å². The second-order valence-corrected chi connectivity index (χ2v) is 7.80. The van der Waals surface area contributed by atoms with Crippen molar-refractivity contribution in [2.75, 3.05) is 7.11 Å². The lowest BCUT2D eigenvalue weighted by Gasteiger charge is -2.22. The third-order valence-electron chi connectivity index (χ3n) is 4.44. The summed E-state index contributed by atoms with van der Waals surface area (Å²) in [5.41, 5.74) is 0.0357. The zero-order valence-electron chi connectivity index (χ0n) is 17.3. The lowest BCUT2D eigenvalue weighted by molar-refractivity contribution is -0.143. The first-order chi connectivity index (χ1) is 14.2. The summed E-state index contributed by atoms with van der Waals surface area (Å²) in [6, 6.07) is 12.2. The zero-order chi connectivity index (χ0) is 21.9. The number of fused-ring (bicyclic) bond motifs is 1. The lowest BCUT2D eigenvalue weighted by atomic mass is 9.97. The molecule has 1 atom stereocenters. The van der Waals surface area contributed by atoms with E-state index >= 15 is 0 Å². The molecule has 2 aromatic carbocycles. The number of nitrogens with one attached hydrogen (secondary N) is 2. The van der Waals surface area contributed by atoms with Crippen LogP contribution >= 0.6 is 0 Å². The van der Waals surface area contributed by atoms with Gasteiger partial charge in [0, 0.05) is 12.0 Å². The van der Waals surface area contributed by atoms with Crippen LogP contribution in [0, 0.1) is 0 Å². The molecule has 158 valence electrons. The van der Waals surface area contributed by atoms with Crippen LogP contribution in [0.1, 0.15) is 26.3 Å². The lowest BCUT2D eigenvalue weighted by Crippen LogP contribution is -2.45. The number of carbonyl (C=O) groups is 2. The molecule has 0 aliphatic heterocycles. The number of esters is 1. The molecule has 1 amide bonds. The van der Waals surface area contributed by atoms with Crippen molar-refractivity contribution in [1.29, 1.82) is 0 Å². The summed E-state index contributed by atoms with van der Waals surface area (Å²) in [5, 5.41) is 7.02. The first kappa shape index (κ1) is 21.2. The Balaban J connectivity index is 1.97. The summed E-state index contributed by atoms with van der Waals surface area (Å²) in [7, 11) is 1.21. The van der Waals surface area contributed by atoms with E-state index in [0.29, 0.717) is 5.69 Å². The number of aromatic nitrogens is 1. The van der Waals surface area contributed by atoms with Crippen molar-refractivity contribution in [3.8, 4) is 11.3 Å². The molecule has 0 spiro atoms. The summed E-state index contributed by atoms with van der Waals surface area (Å²) < 4.78 is 15.0. The number of aromatic amines is 1. The van der Waals surface area contributed by atoms with Crippen molar-refractivity contribution in [3.63, 3.8) is 0 Å². The van der Waals surface area contributed by atoms with E-state index in [4.69, 9.17) is 14.0 Å². The van der Waals surface area contributed by atoms with Crippen LogP contribution in [0.2, 0.25) is 0 Å². The summed E-state index contributed by atoms with van der Waals surface area (Å²) >= 11 is 0. The van der Waals surface area contributed by atoms with Crippen LogP contribution in [0.25, 0.3) is 22.0 Å². The van der Waals surface area contributed by atoms with Crippen molar-refractivity contribution >= 4 is 22.8 Å². The summed E-state index contributed by atoms with van der Waals surface area (Å²) in [5.74, 6) is -0.703. The van der Waals surface area contributed by atoms with Gasteiger partial charge >= 0.3 is 17.7 Å². The maximum atomic E-state index is 12.4. The summed E-state index contributed by atoms with van der Waals surface area (Å²) in [6.45, 7) is 5.12. The van der Waals surface area contributed by atoms with E-state index in [9.17, 15) is 14.4 Å². The Hall–Kier alpha value is -3.55. The SMILES string of the molecule is COC(=O)[C@H](Cc1c(-c2cccc3ccccc23)[nH]oc1=O)NC(=O)OC(C)(C)C. The number of ether oxygens (including phenoxy) is 2. The minimum Gasteiger partial charge on any atom is -0.467 e. The van der Waals surface area contributed by atoms with Crippen molar-refractivity contribution in [2.45, 2.75) is 38.8 Å². The van der Waals surface area contributed by atoms with E-state index in [-0.39, 0.29) is 12.0 Å². The van der Waals surface area contributed by atoms with Crippen molar-refractivity contribution in [1.82, 2.24) is 10.5 Å². The van der Waals surface area contributed by atoms with Gasteiger partial charge in [-0.1, -0.05) is 42.5 Å². The fourth-order valence-corrected chi connectivity index (χ4v) is 3.16. The number of carbonyl (C=O) groups excluding carboxylic acids is 2. The molecule has 0 saturated carbocycles. The average Bonchev–Trinajstić information content (AvgIpc) is 3.05. The molecule has 0 aliphatic carbocycles. The van der Waals surface area contributed by atoms with Gasteiger partial charge in [-0.3, -0.25) is 0 Å². The molecule has 0 fully saturated rings. The van der Waals surface area contributed by atoms with Gasteiger partial charge in [0.15, 0.2) is 0 Å². The molecule has 3 aromatic rings. The second kappa shape index (κ2) is 8.44. The highest BCUT2D eigenvalue weighted by atomic mass is 16.6. The molecule has 3 rings (SSSR count). The number of alkyl carbamates (subject to hydrolysis) is 1. The Labute approximate surface area is 173 Å². The van der Waals surface area contributed by atoms with Gasteiger partial charge in [0.25, 0.3) is 0 Å². The van der Waals surface area contributed by atoms with Gasteiger partial charge in [0.05, 0.1) is 18.4 Å². The Kier molecular flexibility index (Phi) is 5.96. The number of H-pyrrole nitrogens is 1. The van der Waals surface area contributed by atoms with Gasteiger partial charge in [-0.2, -0.15) is 0 Å². The Morgan fingerprint density at radius 1 is 1.13 bits per heavy atom. The van der Waals surface area contributed by atoms with Gasteiger partial charge in [0.1, 0.15) is 11.6 Å². The average molecular weight is 412 g/mol. The highest BCUT2D eigenvalue weighted by Gasteiger charge is 2.29. The number of hydrogen-bond donors (Lipinski definition) is 2. The number of amides is 1. The van der Waals surface area contributed by atoms with Gasteiger partial charge in [-0.15, -0.1) is 0 Å². The fourth-order valence-electron chi connectivity index (χ4n) is 3.16. The van der Waals surface area contributed by atoms with Crippen molar-refractivity contribution in [2.24, 2.45) is 0 Å². The van der Waals surface area contributed by atoms with E-state index in [2.05, 4.69) is 10.5 Å². The molecule has 0 unspecified atom stereocenters. The van der Waals surface area contributed by atoms with Gasteiger partial charge in [0.2, 0.25) is 0 Å². The van der Waals surface area contributed by atoms with Crippen LogP contribution in [0.15, 0.2) is 51.8 Å². The van der Waals surface area contributed by atoms with Crippen LogP contribution in [0.5, 0.6) is 0 Å².